The summed E-state index contributed by atoms with van der Waals surface area (Å²) in [7, 11) is 0. The summed E-state index contributed by atoms with van der Waals surface area (Å²) in [6.45, 7) is 0. The van der Waals surface area contributed by atoms with Crippen LogP contribution >= 0.6 is 0 Å². The highest BCUT2D eigenvalue weighted by Crippen LogP contribution is 2.43. The van der Waals surface area contributed by atoms with Gasteiger partial charge in [0.25, 0.3) is 0 Å². The van der Waals surface area contributed by atoms with Crippen molar-refractivity contribution >= 4 is 88.4 Å². The number of anilines is 6. The molecule has 12 rings (SSSR count). The van der Waals surface area contributed by atoms with Gasteiger partial charge in [-0.15, -0.1) is 0 Å². The second-order valence-electron chi connectivity index (χ2n) is 16.0. The van der Waals surface area contributed by atoms with Crippen LogP contribution in [0.1, 0.15) is 0 Å². The molecule has 4 heteroatoms. The van der Waals surface area contributed by atoms with Crippen molar-refractivity contribution in [1.29, 1.82) is 0 Å². The molecule has 0 bridgehead atoms. The first-order chi connectivity index (χ1) is 31.2. The fourth-order valence-electron chi connectivity index (χ4n) is 9.39. The molecule has 296 valence electrons. The van der Waals surface area contributed by atoms with Gasteiger partial charge in [-0.25, -0.2) is 4.98 Å². The lowest BCUT2D eigenvalue weighted by Gasteiger charge is -2.29. The zero-order valence-electron chi connectivity index (χ0n) is 34.4. The first kappa shape index (κ1) is 36.4. The van der Waals surface area contributed by atoms with Crippen molar-refractivity contribution in [2.45, 2.75) is 0 Å². The van der Waals surface area contributed by atoms with Crippen LogP contribution in [0.5, 0.6) is 0 Å². The second-order valence-corrected chi connectivity index (χ2v) is 16.0. The molecule has 10 aromatic carbocycles. The Morgan fingerprint density at radius 2 is 0.841 bits per heavy atom. The summed E-state index contributed by atoms with van der Waals surface area (Å²) in [6, 6.07) is 87.0. The molecule has 0 radical (unpaired) electrons. The minimum atomic E-state index is 0.987. The highest BCUT2D eigenvalue weighted by atomic mass is 15.2. The van der Waals surface area contributed by atoms with Crippen LogP contribution < -0.4 is 9.80 Å². The Bertz CT molecular complexity index is 3580. The third-order valence-electron chi connectivity index (χ3n) is 12.3. The van der Waals surface area contributed by atoms with Gasteiger partial charge in [-0.3, -0.25) is 0 Å². The Hall–Kier alpha value is -8.47. The highest BCUT2D eigenvalue weighted by Gasteiger charge is 2.20. The molecule has 0 saturated carbocycles. The van der Waals surface area contributed by atoms with E-state index in [1.54, 1.807) is 0 Å². The van der Waals surface area contributed by atoms with Crippen molar-refractivity contribution in [3.8, 4) is 16.9 Å². The van der Waals surface area contributed by atoms with E-state index in [-0.39, 0.29) is 0 Å². The third kappa shape index (κ3) is 6.36. The SMILES string of the molecule is c1ccc(-c2nc3ccccc3c3cc4c5ccccc5n(-c5cccc(N(c6ccc(N(c7ccccc7)c7ccccc7)cc6)c6ccc7ccccc7c6)c5)c4cc23)cc1. The topological polar surface area (TPSA) is 24.3 Å². The van der Waals surface area contributed by atoms with Gasteiger partial charge in [0.05, 0.1) is 22.2 Å². The minimum absolute atomic E-state index is 0.987. The van der Waals surface area contributed by atoms with Crippen molar-refractivity contribution in [2.24, 2.45) is 0 Å². The Balaban J connectivity index is 1.05. The maximum Gasteiger partial charge on any atom is 0.0788 e. The maximum absolute atomic E-state index is 5.30. The molecule has 0 aliphatic heterocycles. The van der Waals surface area contributed by atoms with Gasteiger partial charge in [-0.05, 0) is 119 Å². The fourth-order valence-corrected chi connectivity index (χ4v) is 9.39. The lowest BCUT2D eigenvalue weighted by atomic mass is 9.98. The van der Waals surface area contributed by atoms with Crippen molar-refractivity contribution in [2.75, 3.05) is 9.80 Å². The predicted molar refractivity (Wildman–Crippen MR) is 266 cm³/mol. The number of para-hydroxylation sites is 4. The molecule has 12 aromatic rings. The van der Waals surface area contributed by atoms with Crippen LogP contribution in [0, 0.1) is 0 Å². The number of benzene rings is 10. The molecular formula is C59H40N4. The number of fused-ring (bicyclic) bond motifs is 7. The van der Waals surface area contributed by atoms with E-state index in [1.807, 2.05) is 0 Å². The van der Waals surface area contributed by atoms with Gasteiger partial charge in [-0.1, -0.05) is 140 Å². The molecule has 0 N–H and O–H groups in total. The van der Waals surface area contributed by atoms with Crippen LogP contribution in [-0.4, -0.2) is 9.55 Å². The van der Waals surface area contributed by atoms with Crippen LogP contribution in [0.15, 0.2) is 243 Å². The van der Waals surface area contributed by atoms with Gasteiger partial charge in [-0.2, -0.15) is 0 Å². The Morgan fingerprint density at radius 3 is 1.57 bits per heavy atom. The molecule has 2 heterocycles. The van der Waals surface area contributed by atoms with Crippen molar-refractivity contribution in [1.82, 2.24) is 9.55 Å². The van der Waals surface area contributed by atoms with E-state index in [4.69, 9.17) is 4.98 Å². The summed E-state index contributed by atoms with van der Waals surface area (Å²) in [5.74, 6) is 0. The number of hydrogen-bond donors (Lipinski definition) is 0. The van der Waals surface area contributed by atoms with E-state index in [0.717, 1.165) is 78.4 Å². The standard InChI is InChI=1S/C59H40N4/c1-4-18-42(19-5-1)59-55-40-58-54(39-53(55)51-27-12-14-29-56(51)60-59)52-28-13-15-30-57(52)63(58)49-26-16-25-48(38-49)62(50-32-31-41-17-10-11-20-43(41)37-50)47-35-33-46(34-36-47)61(44-21-6-2-7-22-44)45-23-8-3-9-24-45/h1-40H. The lowest BCUT2D eigenvalue weighted by molar-refractivity contribution is 1.17. The summed E-state index contributed by atoms with van der Waals surface area (Å²) < 4.78 is 2.43. The molecule has 4 nitrogen and oxygen atoms in total. The Labute approximate surface area is 365 Å². The summed E-state index contributed by atoms with van der Waals surface area (Å²) in [5, 5.41) is 8.31. The zero-order chi connectivity index (χ0) is 41.7. The van der Waals surface area contributed by atoms with Gasteiger partial charge < -0.3 is 14.4 Å². The Kier molecular flexibility index (Phi) is 8.79. The first-order valence-electron chi connectivity index (χ1n) is 21.5. The van der Waals surface area contributed by atoms with E-state index >= 15 is 0 Å². The predicted octanol–water partition coefficient (Wildman–Crippen LogP) is 16.2. The smallest absolute Gasteiger partial charge is 0.0788 e. The summed E-state index contributed by atoms with van der Waals surface area (Å²) in [4.78, 5) is 9.98. The van der Waals surface area contributed by atoms with Gasteiger partial charge in [0, 0.05) is 66.9 Å². The number of pyridine rings is 1. The Morgan fingerprint density at radius 1 is 0.302 bits per heavy atom. The highest BCUT2D eigenvalue weighted by molar-refractivity contribution is 6.20. The molecule has 0 amide bonds. The van der Waals surface area contributed by atoms with E-state index in [9.17, 15) is 0 Å². The molecule has 0 saturated heterocycles. The summed E-state index contributed by atoms with van der Waals surface area (Å²) in [5.41, 5.74) is 13.0. The van der Waals surface area contributed by atoms with Crippen molar-refractivity contribution in [3.05, 3.63) is 243 Å². The zero-order valence-corrected chi connectivity index (χ0v) is 34.4. The summed E-state index contributed by atoms with van der Waals surface area (Å²) >= 11 is 0. The van der Waals surface area contributed by atoms with E-state index in [0.29, 0.717) is 0 Å². The van der Waals surface area contributed by atoms with Gasteiger partial charge in [0.2, 0.25) is 0 Å². The normalized spacial score (nSPS) is 11.5. The van der Waals surface area contributed by atoms with Gasteiger partial charge in [0.1, 0.15) is 0 Å². The maximum atomic E-state index is 5.30. The average Bonchev–Trinajstić information content (AvgIpc) is 3.68. The average molecular weight is 805 g/mol. The van der Waals surface area contributed by atoms with Gasteiger partial charge >= 0.3 is 0 Å². The number of rotatable bonds is 8. The number of nitrogens with zero attached hydrogens (tertiary/aromatic N) is 4. The van der Waals surface area contributed by atoms with E-state index in [1.165, 1.54) is 26.9 Å². The molecular weight excluding hydrogens is 765 g/mol. The van der Waals surface area contributed by atoms with Crippen LogP contribution in [0.3, 0.4) is 0 Å². The lowest BCUT2D eigenvalue weighted by Crippen LogP contribution is -2.12. The van der Waals surface area contributed by atoms with E-state index in [2.05, 4.69) is 257 Å². The molecule has 0 aliphatic rings. The largest absolute Gasteiger partial charge is 0.311 e. The molecule has 0 spiro atoms. The van der Waals surface area contributed by atoms with Crippen molar-refractivity contribution < 1.29 is 0 Å². The van der Waals surface area contributed by atoms with Crippen LogP contribution in [0.2, 0.25) is 0 Å². The monoisotopic (exact) mass is 804 g/mol. The molecule has 0 unspecified atom stereocenters. The van der Waals surface area contributed by atoms with Crippen LogP contribution in [0.4, 0.5) is 34.1 Å². The molecule has 0 atom stereocenters. The third-order valence-corrected chi connectivity index (χ3v) is 12.3. The number of hydrogen-bond acceptors (Lipinski definition) is 3. The molecule has 63 heavy (non-hydrogen) atoms. The fraction of sp³-hybridized carbons (Fsp3) is 0. The first-order valence-corrected chi connectivity index (χ1v) is 21.5. The quantitative estimate of drug-likeness (QED) is 0.143. The molecule has 0 aliphatic carbocycles. The molecule has 2 aromatic heterocycles. The minimum Gasteiger partial charge on any atom is -0.311 e. The van der Waals surface area contributed by atoms with Crippen LogP contribution in [0.25, 0.3) is 71.2 Å². The van der Waals surface area contributed by atoms with Crippen molar-refractivity contribution in [3.63, 3.8) is 0 Å². The second kappa shape index (κ2) is 15.2. The number of aromatic nitrogens is 2. The summed E-state index contributed by atoms with van der Waals surface area (Å²) in [6.07, 6.45) is 0. The molecule has 0 fully saturated rings. The van der Waals surface area contributed by atoms with Gasteiger partial charge in [0.15, 0.2) is 0 Å². The van der Waals surface area contributed by atoms with E-state index < -0.39 is 0 Å². The van der Waals surface area contributed by atoms with Crippen LogP contribution in [-0.2, 0) is 0 Å².